The highest BCUT2D eigenvalue weighted by Crippen LogP contribution is 2.47. The largest absolute Gasteiger partial charge is 0.480 e. The van der Waals surface area contributed by atoms with Crippen LogP contribution in [0, 0.1) is 11.8 Å². The lowest BCUT2D eigenvalue weighted by Gasteiger charge is -2.44. The van der Waals surface area contributed by atoms with E-state index < -0.39 is 23.4 Å². The van der Waals surface area contributed by atoms with Crippen LogP contribution in [-0.2, 0) is 19.1 Å². The lowest BCUT2D eigenvalue weighted by Crippen LogP contribution is -2.61. The van der Waals surface area contributed by atoms with Crippen molar-refractivity contribution in [2.45, 2.75) is 50.4 Å². The third kappa shape index (κ3) is 4.01. The third-order valence-corrected chi connectivity index (χ3v) is 7.55. The van der Waals surface area contributed by atoms with E-state index in [-0.39, 0.29) is 37.1 Å². The van der Waals surface area contributed by atoms with Crippen molar-refractivity contribution < 1.29 is 24.2 Å². The fourth-order valence-electron chi connectivity index (χ4n) is 5.92. The number of esters is 1. The molecule has 3 aliphatic carbocycles. The van der Waals surface area contributed by atoms with E-state index in [1.165, 1.54) is 0 Å². The molecule has 0 bridgehead atoms. The van der Waals surface area contributed by atoms with Gasteiger partial charge in [-0.1, -0.05) is 66.8 Å². The zero-order valence-electron chi connectivity index (χ0n) is 20.0. The average molecular weight is 474 g/mol. The van der Waals surface area contributed by atoms with Crippen molar-refractivity contribution in [2.24, 2.45) is 17.6 Å². The van der Waals surface area contributed by atoms with Gasteiger partial charge in [0, 0.05) is 11.8 Å². The Balaban J connectivity index is 1.43. The lowest BCUT2D eigenvalue weighted by molar-refractivity contribution is -0.160. The molecule has 5 rings (SSSR count). The third-order valence-electron chi connectivity index (χ3n) is 7.55. The number of hydrogen-bond acceptors (Lipinski definition) is 5. The molecule has 0 spiro atoms. The molecule has 0 heterocycles. The summed E-state index contributed by atoms with van der Waals surface area (Å²) in [4.78, 5) is 25.9. The zero-order valence-corrected chi connectivity index (χ0v) is 20.0. The second kappa shape index (κ2) is 9.10. The number of allylic oxidation sites excluding steroid dienone is 2. The summed E-state index contributed by atoms with van der Waals surface area (Å²) in [6.07, 6.45) is 6.09. The Morgan fingerprint density at radius 3 is 2.31 bits per heavy atom. The van der Waals surface area contributed by atoms with Crippen LogP contribution in [0.5, 0.6) is 0 Å². The summed E-state index contributed by atoms with van der Waals surface area (Å²) in [6, 6.07) is 16.2. The standard InChI is InChI=1S/C29H31NO5/c1-17(2)35-25-13-7-12-23-22(25)14-15-29(30,28(32)33)26(23)27(31)34-16-24-20-10-5-3-8-18(20)19-9-4-6-11-21(19)24/h3-13,17,22,24-26H,14-16,30H2,1-2H3,(H,32,33). The molecule has 35 heavy (non-hydrogen) atoms. The maximum atomic E-state index is 13.6. The van der Waals surface area contributed by atoms with Gasteiger partial charge in [0.05, 0.1) is 12.2 Å². The van der Waals surface area contributed by atoms with Gasteiger partial charge < -0.3 is 20.3 Å². The van der Waals surface area contributed by atoms with E-state index >= 15 is 0 Å². The maximum Gasteiger partial charge on any atom is 0.324 e. The summed E-state index contributed by atoms with van der Waals surface area (Å²) in [5.41, 5.74) is 9.87. The predicted molar refractivity (Wildman–Crippen MR) is 133 cm³/mol. The van der Waals surface area contributed by atoms with Crippen molar-refractivity contribution >= 4 is 11.9 Å². The molecule has 0 amide bonds. The van der Waals surface area contributed by atoms with Gasteiger partial charge in [0.2, 0.25) is 0 Å². The number of carbonyl (C=O) groups excluding carboxylic acids is 1. The first-order valence-electron chi connectivity index (χ1n) is 12.2. The van der Waals surface area contributed by atoms with Gasteiger partial charge in [-0.05, 0) is 54.5 Å². The molecule has 182 valence electrons. The summed E-state index contributed by atoms with van der Waals surface area (Å²) < 4.78 is 12.0. The maximum absolute atomic E-state index is 13.6. The monoisotopic (exact) mass is 473 g/mol. The molecular weight excluding hydrogens is 442 g/mol. The highest BCUT2D eigenvalue weighted by molar-refractivity contribution is 5.90. The Bertz CT molecular complexity index is 1170. The molecule has 6 nitrogen and oxygen atoms in total. The van der Waals surface area contributed by atoms with Crippen molar-refractivity contribution in [3.05, 3.63) is 83.5 Å². The van der Waals surface area contributed by atoms with Crippen LogP contribution in [0.1, 0.15) is 43.7 Å². The molecule has 0 saturated heterocycles. The minimum atomic E-state index is -1.72. The molecule has 0 radical (unpaired) electrons. The number of aliphatic carboxylic acids is 1. The van der Waals surface area contributed by atoms with Crippen LogP contribution in [0.4, 0.5) is 0 Å². The molecule has 1 fully saturated rings. The van der Waals surface area contributed by atoms with Gasteiger partial charge in [0.1, 0.15) is 18.1 Å². The van der Waals surface area contributed by atoms with E-state index in [2.05, 4.69) is 24.3 Å². The van der Waals surface area contributed by atoms with E-state index in [1.807, 2.05) is 56.3 Å². The van der Waals surface area contributed by atoms with E-state index in [9.17, 15) is 14.7 Å². The van der Waals surface area contributed by atoms with Crippen molar-refractivity contribution in [1.29, 1.82) is 0 Å². The van der Waals surface area contributed by atoms with Crippen molar-refractivity contribution in [2.75, 3.05) is 6.61 Å². The average Bonchev–Trinajstić information content (AvgIpc) is 3.16. The van der Waals surface area contributed by atoms with E-state index in [4.69, 9.17) is 15.2 Å². The van der Waals surface area contributed by atoms with Gasteiger partial charge in [-0.25, -0.2) is 0 Å². The second-order valence-corrected chi connectivity index (χ2v) is 9.98. The molecule has 3 N–H and O–H groups in total. The highest BCUT2D eigenvalue weighted by Gasteiger charge is 2.55. The smallest absolute Gasteiger partial charge is 0.324 e. The SMILES string of the molecule is CC(C)OC1C=CC=C2C1CCC(N)(C(=O)O)C2C(=O)OCC1c2ccccc2-c2ccccc21. The minimum Gasteiger partial charge on any atom is -0.480 e. The molecule has 4 atom stereocenters. The summed E-state index contributed by atoms with van der Waals surface area (Å²) in [7, 11) is 0. The number of ether oxygens (including phenoxy) is 2. The minimum absolute atomic E-state index is 0.000869. The summed E-state index contributed by atoms with van der Waals surface area (Å²) >= 11 is 0. The number of hydrogen-bond donors (Lipinski definition) is 2. The molecule has 1 saturated carbocycles. The van der Waals surface area contributed by atoms with E-state index in [0.29, 0.717) is 12.0 Å². The topological polar surface area (TPSA) is 98.9 Å². The number of benzene rings is 2. The zero-order chi connectivity index (χ0) is 24.7. The van der Waals surface area contributed by atoms with Crippen LogP contribution in [-0.4, -0.2) is 41.4 Å². The fourth-order valence-corrected chi connectivity index (χ4v) is 5.92. The molecule has 4 unspecified atom stereocenters. The molecule has 3 aliphatic rings. The van der Waals surface area contributed by atoms with Crippen LogP contribution >= 0.6 is 0 Å². The first kappa shape index (κ1) is 23.5. The van der Waals surface area contributed by atoms with Crippen molar-refractivity contribution in [1.82, 2.24) is 0 Å². The molecule has 2 aromatic rings. The number of nitrogens with two attached hydrogens (primary N) is 1. The Morgan fingerprint density at radius 1 is 1.09 bits per heavy atom. The van der Waals surface area contributed by atoms with Crippen LogP contribution in [0.15, 0.2) is 72.3 Å². The first-order chi connectivity index (χ1) is 16.8. The van der Waals surface area contributed by atoms with Gasteiger partial charge in [-0.15, -0.1) is 0 Å². The predicted octanol–water partition coefficient (Wildman–Crippen LogP) is 4.44. The Hall–Kier alpha value is -3.22. The van der Waals surface area contributed by atoms with Gasteiger partial charge in [-0.3, -0.25) is 9.59 Å². The van der Waals surface area contributed by atoms with Crippen LogP contribution in [0.2, 0.25) is 0 Å². The number of carbonyl (C=O) groups is 2. The number of fused-ring (bicyclic) bond motifs is 4. The van der Waals surface area contributed by atoms with E-state index in [1.54, 1.807) is 0 Å². The Labute approximate surface area is 205 Å². The Kier molecular flexibility index (Phi) is 6.11. The number of rotatable bonds is 6. The Morgan fingerprint density at radius 2 is 1.71 bits per heavy atom. The van der Waals surface area contributed by atoms with Crippen LogP contribution < -0.4 is 5.73 Å². The van der Waals surface area contributed by atoms with Crippen LogP contribution in [0.3, 0.4) is 0 Å². The molecule has 0 aromatic heterocycles. The first-order valence-corrected chi connectivity index (χ1v) is 12.2. The number of carboxylic acids is 1. The molecular formula is C29H31NO5. The van der Waals surface area contributed by atoms with E-state index in [0.717, 1.165) is 22.3 Å². The summed E-state index contributed by atoms with van der Waals surface area (Å²) in [6.45, 7) is 4.04. The number of carboxylic acid groups (broad SMARTS) is 1. The second-order valence-electron chi connectivity index (χ2n) is 9.98. The molecule has 2 aromatic carbocycles. The van der Waals surface area contributed by atoms with Gasteiger partial charge >= 0.3 is 11.9 Å². The van der Waals surface area contributed by atoms with Crippen LogP contribution in [0.25, 0.3) is 11.1 Å². The van der Waals surface area contributed by atoms with Gasteiger partial charge in [0.15, 0.2) is 0 Å². The fraction of sp³-hybridized carbons (Fsp3) is 0.379. The normalized spacial score (nSPS) is 27.1. The quantitative estimate of drug-likeness (QED) is 0.602. The van der Waals surface area contributed by atoms with Crippen molar-refractivity contribution in [3.63, 3.8) is 0 Å². The van der Waals surface area contributed by atoms with Gasteiger partial charge in [0.25, 0.3) is 0 Å². The summed E-state index contributed by atoms with van der Waals surface area (Å²) in [5.74, 6) is -3.07. The summed E-state index contributed by atoms with van der Waals surface area (Å²) in [5, 5.41) is 10.0. The van der Waals surface area contributed by atoms with Gasteiger partial charge in [-0.2, -0.15) is 0 Å². The highest BCUT2D eigenvalue weighted by atomic mass is 16.5. The molecule has 6 heteroatoms. The molecule has 0 aliphatic heterocycles. The van der Waals surface area contributed by atoms with Crippen molar-refractivity contribution in [3.8, 4) is 11.1 Å². The lowest BCUT2D eigenvalue weighted by atomic mass is 9.63.